The quantitative estimate of drug-likeness (QED) is 0.923. The van der Waals surface area contributed by atoms with Gasteiger partial charge in [-0.2, -0.15) is 10.4 Å². The molecule has 0 amide bonds. The van der Waals surface area contributed by atoms with Crippen LogP contribution in [-0.2, 0) is 13.6 Å². The third kappa shape index (κ3) is 2.47. The van der Waals surface area contributed by atoms with Crippen LogP contribution in [0.2, 0.25) is 5.02 Å². The van der Waals surface area contributed by atoms with Crippen molar-refractivity contribution in [2.75, 3.05) is 5.32 Å². The zero-order chi connectivity index (χ0) is 13.1. The van der Waals surface area contributed by atoms with Crippen LogP contribution in [0.1, 0.15) is 16.8 Å². The Morgan fingerprint density at radius 1 is 1.50 bits per heavy atom. The molecule has 0 saturated carbocycles. The van der Waals surface area contributed by atoms with E-state index in [4.69, 9.17) is 16.9 Å². The molecule has 4 nitrogen and oxygen atoms in total. The van der Waals surface area contributed by atoms with Crippen LogP contribution in [0.5, 0.6) is 0 Å². The fraction of sp³-hybridized carbons (Fsp3) is 0.231. The molecule has 0 saturated heterocycles. The number of hydrogen-bond donors (Lipinski definition) is 1. The third-order valence-electron chi connectivity index (χ3n) is 2.71. The number of nitrogens with zero attached hydrogens (tertiary/aromatic N) is 3. The van der Waals surface area contributed by atoms with Gasteiger partial charge < -0.3 is 5.32 Å². The van der Waals surface area contributed by atoms with Crippen LogP contribution in [0.4, 0.5) is 5.69 Å². The van der Waals surface area contributed by atoms with Crippen LogP contribution in [0.15, 0.2) is 24.4 Å². The molecular weight excluding hydrogens is 248 g/mol. The molecule has 1 aromatic carbocycles. The molecule has 2 aromatic rings. The monoisotopic (exact) mass is 260 g/mol. The minimum absolute atomic E-state index is 0.463. The van der Waals surface area contributed by atoms with Gasteiger partial charge in [-0.1, -0.05) is 17.7 Å². The summed E-state index contributed by atoms with van der Waals surface area (Å²) in [5.41, 5.74) is 3.29. The molecule has 1 heterocycles. The molecule has 0 aliphatic carbocycles. The van der Waals surface area contributed by atoms with Crippen LogP contribution in [-0.4, -0.2) is 9.78 Å². The van der Waals surface area contributed by atoms with E-state index in [0.29, 0.717) is 17.1 Å². The van der Waals surface area contributed by atoms with E-state index in [0.717, 1.165) is 16.9 Å². The molecule has 1 N–H and O–H groups in total. The molecular formula is C13H13ClN4. The highest BCUT2D eigenvalue weighted by Gasteiger charge is 2.07. The van der Waals surface area contributed by atoms with Gasteiger partial charge in [-0.3, -0.25) is 4.68 Å². The highest BCUT2D eigenvalue weighted by atomic mass is 35.5. The van der Waals surface area contributed by atoms with E-state index in [-0.39, 0.29) is 0 Å². The summed E-state index contributed by atoms with van der Waals surface area (Å²) in [6.45, 7) is 2.58. The van der Waals surface area contributed by atoms with E-state index in [2.05, 4.69) is 16.5 Å². The molecule has 2 rings (SSSR count). The van der Waals surface area contributed by atoms with E-state index in [1.165, 1.54) is 0 Å². The molecule has 92 valence electrons. The molecule has 0 aliphatic heterocycles. The van der Waals surface area contributed by atoms with Crippen molar-refractivity contribution in [1.29, 1.82) is 5.26 Å². The van der Waals surface area contributed by atoms with Gasteiger partial charge in [-0.15, -0.1) is 0 Å². The average Bonchev–Trinajstić information content (AvgIpc) is 2.65. The Labute approximate surface area is 111 Å². The summed E-state index contributed by atoms with van der Waals surface area (Å²) in [7, 11) is 1.89. The van der Waals surface area contributed by atoms with Crippen molar-refractivity contribution in [3.8, 4) is 6.07 Å². The van der Waals surface area contributed by atoms with Crippen LogP contribution < -0.4 is 5.32 Å². The van der Waals surface area contributed by atoms with Gasteiger partial charge in [-0.05, 0) is 19.1 Å². The summed E-state index contributed by atoms with van der Waals surface area (Å²) in [4.78, 5) is 0. The summed E-state index contributed by atoms with van der Waals surface area (Å²) in [6.07, 6.45) is 1.96. The summed E-state index contributed by atoms with van der Waals surface area (Å²) in [6, 6.07) is 7.48. The number of nitriles is 1. The lowest BCUT2D eigenvalue weighted by molar-refractivity contribution is 0.756. The molecule has 18 heavy (non-hydrogen) atoms. The Balaban J connectivity index is 2.19. The second-order valence-corrected chi connectivity index (χ2v) is 4.45. The van der Waals surface area contributed by atoms with Crippen LogP contribution in [0.3, 0.4) is 0 Å². The molecule has 5 heteroatoms. The highest BCUT2D eigenvalue weighted by molar-refractivity contribution is 6.32. The maximum Gasteiger partial charge on any atom is 0.103 e. The normalized spacial score (nSPS) is 10.1. The predicted octanol–water partition coefficient (Wildman–Crippen LogP) is 2.87. The average molecular weight is 261 g/mol. The lowest BCUT2D eigenvalue weighted by Gasteiger charge is -2.08. The topological polar surface area (TPSA) is 53.6 Å². The fourth-order valence-corrected chi connectivity index (χ4v) is 2.01. The predicted molar refractivity (Wildman–Crippen MR) is 71.4 cm³/mol. The lowest BCUT2D eigenvalue weighted by atomic mass is 10.2. The van der Waals surface area contributed by atoms with Crippen LogP contribution in [0, 0.1) is 18.3 Å². The Bertz CT molecular complexity index is 610. The largest absolute Gasteiger partial charge is 0.380 e. The van der Waals surface area contributed by atoms with Crippen LogP contribution >= 0.6 is 11.6 Å². The van der Waals surface area contributed by atoms with Crippen LogP contribution in [0.25, 0.3) is 0 Å². The summed E-state index contributed by atoms with van der Waals surface area (Å²) >= 11 is 5.97. The number of rotatable bonds is 3. The van der Waals surface area contributed by atoms with Gasteiger partial charge in [0.05, 0.1) is 22.0 Å². The number of nitrogens with one attached hydrogen (secondary N) is 1. The summed E-state index contributed by atoms with van der Waals surface area (Å²) in [5.74, 6) is 0. The Morgan fingerprint density at radius 3 is 2.89 bits per heavy atom. The maximum absolute atomic E-state index is 9.06. The third-order valence-corrected chi connectivity index (χ3v) is 3.02. The Kier molecular flexibility index (Phi) is 3.54. The maximum atomic E-state index is 9.06. The number of benzene rings is 1. The molecule has 0 atom stereocenters. The van der Waals surface area contributed by atoms with Gasteiger partial charge in [0, 0.05) is 25.4 Å². The molecule has 0 fully saturated rings. The standard InChI is InChI=1S/C13H13ClN4/c1-9-10(8-18(2)17-9)7-16-13-5-3-4-12(14)11(13)6-15/h3-5,8,16H,7H2,1-2H3. The van der Waals surface area contributed by atoms with Crippen molar-refractivity contribution in [1.82, 2.24) is 9.78 Å². The summed E-state index contributed by atoms with van der Waals surface area (Å²) < 4.78 is 1.77. The van der Waals surface area contributed by atoms with Crippen molar-refractivity contribution in [2.24, 2.45) is 7.05 Å². The number of hydrogen-bond acceptors (Lipinski definition) is 3. The number of anilines is 1. The number of halogens is 1. The molecule has 0 spiro atoms. The SMILES string of the molecule is Cc1nn(C)cc1CNc1cccc(Cl)c1C#N. The van der Waals surface area contributed by atoms with Crippen molar-refractivity contribution in [3.63, 3.8) is 0 Å². The zero-order valence-electron chi connectivity index (χ0n) is 10.2. The highest BCUT2D eigenvalue weighted by Crippen LogP contribution is 2.23. The molecule has 0 radical (unpaired) electrons. The van der Waals surface area contributed by atoms with E-state index in [1.54, 1.807) is 10.7 Å². The fourth-order valence-electron chi connectivity index (χ4n) is 1.80. The molecule has 0 aliphatic rings. The number of aryl methyl sites for hydroxylation is 2. The van der Waals surface area contributed by atoms with E-state index < -0.39 is 0 Å². The first-order valence-electron chi connectivity index (χ1n) is 5.53. The van der Waals surface area contributed by atoms with E-state index in [1.807, 2.05) is 32.3 Å². The van der Waals surface area contributed by atoms with Crippen molar-refractivity contribution in [3.05, 3.63) is 46.2 Å². The first-order valence-corrected chi connectivity index (χ1v) is 5.91. The first kappa shape index (κ1) is 12.5. The first-order chi connectivity index (χ1) is 8.61. The number of aromatic nitrogens is 2. The van der Waals surface area contributed by atoms with Gasteiger partial charge in [-0.25, -0.2) is 0 Å². The molecule has 0 bridgehead atoms. The minimum atomic E-state index is 0.463. The lowest BCUT2D eigenvalue weighted by Crippen LogP contribution is -2.02. The van der Waals surface area contributed by atoms with E-state index >= 15 is 0 Å². The smallest absolute Gasteiger partial charge is 0.103 e. The second-order valence-electron chi connectivity index (χ2n) is 4.04. The molecule has 0 unspecified atom stereocenters. The molecule has 1 aromatic heterocycles. The Hall–Kier alpha value is -1.99. The van der Waals surface area contributed by atoms with Gasteiger partial charge in [0.15, 0.2) is 0 Å². The Morgan fingerprint density at radius 2 is 2.28 bits per heavy atom. The van der Waals surface area contributed by atoms with Crippen molar-refractivity contribution < 1.29 is 0 Å². The van der Waals surface area contributed by atoms with Gasteiger partial charge >= 0.3 is 0 Å². The van der Waals surface area contributed by atoms with Crippen molar-refractivity contribution in [2.45, 2.75) is 13.5 Å². The zero-order valence-corrected chi connectivity index (χ0v) is 11.0. The minimum Gasteiger partial charge on any atom is -0.380 e. The van der Waals surface area contributed by atoms with E-state index in [9.17, 15) is 0 Å². The van der Waals surface area contributed by atoms with Gasteiger partial charge in [0.1, 0.15) is 6.07 Å². The van der Waals surface area contributed by atoms with Gasteiger partial charge in [0.2, 0.25) is 0 Å². The second kappa shape index (κ2) is 5.11. The van der Waals surface area contributed by atoms with Crippen molar-refractivity contribution >= 4 is 17.3 Å². The van der Waals surface area contributed by atoms with Gasteiger partial charge in [0.25, 0.3) is 0 Å². The summed E-state index contributed by atoms with van der Waals surface area (Å²) in [5, 5.41) is 17.0.